The Kier molecular flexibility index (Phi) is 5.78. The standard InChI is InChI=1S/C27H38N8O/c1-4-28-15-24(36)31-27-9-6-26(7-10-27,8-11-27)17-35-22-5-12-34(16-20(22)19(3)33-35)23-13-18(2)30-21-14-29-32-25(21)23/h13-14,28H,4-12,15-17H2,1-3H3,(H,29,32)(H,31,36). The van der Waals surface area contributed by atoms with Gasteiger partial charge in [-0.2, -0.15) is 10.2 Å². The van der Waals surface area contributed by atoms with Gasteiger partial charge in [-0.25, -0.2) is 4.98 Å². The maximum atomic E-state index is 12.4. The van der Waals surface area contributed by atoms with Crippen molar-refractivity contribution >= 4 is 22.6 Å². The van der Waals surface area contributed by atoms with Crippen molar-refractivity contribution in [1.29, 1.82) is 0 Å². The van der Waals surface area contributed by atoms with Crippen LogP contribution in [0.25, 0.3) is 11.0 Å². The average molecular weight is 491 g/mol. The number of aryl methyl sites for hydroxylation is 2. The Morgan fingerprint density at radius 1 is 1.17 bits per heavy atom. The third-order valence-electron chi connectivity index (χ3n) is 9.02. The molecule has 0 unspecified atom stereocenters. The number of carbonyl (C=O) groups excluding carboxylic acids is 1. The number of H-pyrrole nitrogens is 1. The van der Waals surface area contributed by atoms with Crippen molar-refractivity contribution in [2.45, 2.75) is 84.3 Å². The Balaban J connectivity index is 1.17. The van der Waals surface area contributed by atoms with Gasteiger partial charge in [0.1, 0.15) is 11.0 Å². The number of aromatic amines is 1. The molecular formula is C27H38N8O. The van der Waals surface area contributed by atoms with E-state index in [0.717, 1.165) is 74.3 Å². The topological polar surface area (TPSA) is 104 Å². The summed E-state index contributed by atoms with van der Waals surface area (Å²) in [5.41, 5.74) is 8.37. The number of hydrogen-bond donors (Lipinski definition) is 3. The van der Waals surface area contributed by atoms with Crippen LogP contribution in [0.2, 0.25) is 0 Å². The zero-order valence-electron chi connectivity index (χ0n) is 21.8. The molecule has 0 aromatic carbocycles. The normalized spacial score (nSPS) is 25.4. The number of nitrogens with zero attached hydrogens (tertiary/aromatic N) is 5. The highest BCUT2D eigenvalue weighted by Crippen LogP contribution is 2.53. The molecule has 0 radical (unpaired) electrons. The fourth-order valence-electron chi connectivity index (χ4n) is 6.88. The van der Waals surface area contributed by atoms with Crippen LogP contribution >= 0.6 is 0 Å². The summed E-state index contributed by atoms with van der Waals surface area (Å²) in [7, 11) is 0. The Labute approximate surface area is 212 Å². The van der Waals surface area contributed by atoms with E-state index in [1.165, 1.54) is 36.2 Å². The molecule has 3 fully saturated rings. The van der Waals surface area contributed by atoms with Gasteiger partial charge in [-0.1, -0.05) is 6.92 Å². The highest BCUT2D eigenvalue weighted by atomic mass is 16.2. The van der Waals surface area contributed by atoms with Crippen LogP contribution in [0.1, 0.15) is 68.1 Å². The molecule has 1 aliphatic heterocycles. The molecule has 36 heavy (non-hydrogen) atoms. The molecule has 3 N–H and O–H groups in total. The smallest absolute Gasteiger partial charge is 0.234 e. The number of pyridine rings is 1. The van der Waals surface area contributed by atoms with Gasteiger partial charge in [0.15, 0.2) is 0 Å². The number of fused-ring (bicyclic) bond motifs is 5. The van der Waals surface area contributed by atoms with Crippen molar-refractivity contribution in [3.05, 3.63) is 34.9 Å². The molecule has 9 nitrogen and oxygen atoms in total. The SMILES string of the molecule is CCNCC(=O)NC12CCC(Cn3nc(C)c4c3CCN(c3cc(C)nc5cn[nH]c35)C4)(CC1)CC2. The summed E-state index contributed by atoms with van der Waals surface area (Å²) in [5.74, 6) is 0.143. The summed E-state index contributed by atoms with van der Waals surface area (Å²) in [4.78, 5) is 19.4. The molecule has 9 heteroatoms. The zero-order valence-corrected chi connectivity index (χ0v) is 21.8. The molecule has 3 aromatic heterocycles. The van der Waals surface area contributed by atoms with E-state index in [4.69, 9.17) is 5.10 Å². The van der Waals surface area contributed by atoms with E-state index in [0.29, 0.717) is 12.0 Å². The van der Waals surface area contributed by atoms with E-state index in [-0.39, 0.29) is 11.4 Å². The van der Waals surface area contributed by atoms with Crippen LogP contribution in [0, 0.1) is 19.3 Å². The van der Waals surface area contributed by atoms with Crippen molar-refractivity contribution in [3.8, 4) is 0 Å². The molecule has 7 rings (SSSR count). The number of likely N-dealkylation sites (N-methyl/N-ethyl adjacent to an activating group) is 1. The minimum Gasteiger partial charge on any atom is -0.365 e. The van der Waals surface area contributed by atoms with E-state index in [1.54, 1.807) is 6.20 Å². The summed E-state index contributed by atoms with van der Waals surface area (Å²) in [6.45, 7) is 10.3. The monoisotopic (exact) mass is 490 g/mol. The van der Waals surface area contributed by atoms with Crippen LogP contribution < -0.4 is 15.5 Å². The predicted octanol–water partition coefficient (Wildman–Crippen LogP) is 3.15. The van der Waals surface area contributed by atoms with Crippen LogP contribution in [0.15, 0.2) is 12.3 Å². The molecule has 0 spiro atoms. The second-order valence-corrected chi connectivity index (χ2v) is 11.4. The molecule has 4 aliphatic rings. The lowest BCUT2D eigenvalue weighted by molar-refractivity contribution is -0.124. The van der Waals surface area contributed by atoms with E-state index in [9.17, 15) is 4.79 Å². The van der Waals surface area contributed by atoms with Gasteiger partial charge in [0, 0.05) is 48.5 Å². The number of aromatic nitrogens is 5. The van der Waals surface area contributed by atoms with E-state index in [2.05, 4.69) is 48.4 Å². The highest BCUT2D eigenvalue weighted by molar-refractivity contribution is 5.88. The molecular weight excluding hydrogens is 452 g/mol. The molecule has 192 valence electrons. The van der Waals surface area contributed by atoms with Gasteiger partial charge >= 0.3 is 0 Å². The number of carbonyl (C=O) groups is 1. The van der Waals surface area contributed by atoms with Gasteiger partial charge in [0.25, 0.3) is 0 Å². The minimum atomic E-state index is 0.00883. The number of nitrogens with one attached hydrogen (secondary N) is 3. The van der Waals surface area contributed by atoms with Crippen molar-refractivity contribution in [2.75, 3.05) is 24.5 Å². The summed E-state index contributed by atoms with van der Waals surface area (Å²) < 4.78 is 2.34. The van der Waals surface area contributed by atoms with Crippen molar-refractivity contribution < 1.29 is 4.79 Å². The quantitative estimate of drug-likeness (QED) is 0.470. The first-order valence-electron chi connectivity index (χ1n) is 13.5. The minimum absolute atomic E-state index is 0.00883. The zero-order chi connectivity index (χ0) is 24.9. The fraction of sp³-hybridized carbons (Fsp3) is 0.630. The number of rotatable bonds is 7. The van der Waals surface area contributed by atoms with Crippen molar-refractivity contribution in [2.24, 2.45) is 5.41 Å². The van der Waals surface area contributed by atoms with Crippen molar-refractivity contribution in [1.82, 2.24) is 35.6 Å². The largest absolute Gasteiger partial charge is 0.365 e. The van der Waals surface area contributed by atoms with Crippen LogP contribution in [-0.4, -0.2) is 56.0 Å². The lowest BCUT2D eigenvalue weighted by Gasteiger charge is -2.53. The van der Waals surface area contributed by atoms with Crippen LogP contribution in [0.5, 0.6) is 0 Å². The Hall–Kier alpha value is -2.94. The molecule has 4 heterocycles. The summed E-state index contributed by atoms with van der Waals surface area (Å²) in [6, 6.07) is 2.16. The molecule has 1 amide bonds. The molecule has 2 bridgehead atoms. The Bertz CT molecular complexity index is 1270. The Morgan fingerprint density at radius 2 is 1.94 bits per heavy atom. The third kappa shape index (κ3) is 4.07. The number of hydrogen-bond acceptors (Lipinski definition) is 6. The van der Waals surface area contributed by atoms with Crippen molar-refractivity contribution in [3.63, 3.8) is 0 Å². The van der Waals surface area contributed by atoms with Gasteiger partial charge in [-0.15, -0.1) is 0 Å². The van der Waals surface area contributed by atoms with E-state index >= 15 is 0 Å². The molecule has 0 atom stereocenters. The predicted molar refractivity (Wildman–Crippen MR) is 140 cm³/mol. The molecule has 0 saturated heterocycles. The lowest BCUT2D eigenvalue weighted by atomic mass is 9.57. The van der Waals surface area contributed by atoms with Gasteiger partial charge in [-0.05, 0) is 70.4 Å². The number of amides is 1. The van der Waals surface area contributed by atoms with Crippen LogP contribution in [0.4, 0.5) is 5.69 Å². The lowest BCUT2D eigenvalue weighted by Crippen LogP contribution is -2.58. The molecule has 3 saturated carbocycles. The second kappa shape index (κ2) is 8.87. The van der Waals surface area contributed by atoms with Crippen LogP contribution in [-0.2, 0) is 24.3 Å². The average Bonchev–Trinajstić information content (AvgIpc) is 3.47. The first kappa shape index (κ1) is 23.5. The summed E-state index contributed by atoms with van der Waals surface area (Å²) in [6.07, 6.45) is 9.56. The fourth-order valence-corrected chi connectivity index (χ4v) is 6.88. The summed E-state index contributed by atoms with van der Waals surface area (Å²) >= 11 is 0. The van der Waals surface area contributed by atoms with E-state index < -0.39 is 0 Å². The highest BCUT2D eigenvalue weighted by Gasteiger charge is 2.49. The maximum Gasteiger partial charge on any atom is 0.234 e. The first-order chi connectivity index (χ1) is 17.4. The number of anilines is 1. The van der Waals surface area contributed by atoms with Gasteiger partial charge < -0.3 is 15.5 Å². The summed E-state index contributed by atoms with van der Waals surface area (Å²) in [5, 5.41) is 19.0. The van der Waals surface area contributed by atoms with Gasteiger partial charge in [-0.3, -0.25) is 14.6 Å². The first-order valence-corrected chi connectivity index (χ1v) is 13.5. The van der Waals surface area contributed by atoms with Gasteiger partial charge in [0.05, 0.1) is 24.1 Å². The third-order valence-corrected chi connectivity index (χ3v) is 9.02. The maximum absolute atomic E-state index is 12.4. The van der Waals surface area contributed by atoms with Gasteiger partial charge in [0.2, 0.25) is 5.91 Å². The van der Waals surface area contributed by atoms with E-state index in [1.807, 2.05) is 13.8 Å². The second-order valence-electron chi connectivity index (χ2n) is 11.4. The van der Waals surface area contributed by atoms with Crippen LogP contribution in [0.3, 0.4) is 0 Å². The molecule has 3 aromatic rings. The Morgan fingerprint density at radius 3 is 2.69 bits per heavy atom. The molecule has 3 aliphatic carbocycles.